The summed E-state index contributed by atoms with van der Waals surface area (Å²) in [5, 5.41) is 18.1. The quantitative estimate of drug-likeness (QED) is 0.0366. The van der Waals surface area contributed by atoms with Gasteiger partial charge in [-0.05, 0) is 134 Å². The molecule has 628 valence electrons. The van der Waals surface area contributed by atoms with Crippen LogP contribution in [0.4, 0.5) is 81.9 Å². The first-order valence-corrected chi connectivity index (χ1v) is 40.5. The van der Waals surface area contributed by atoms with Gasteiger partial charge in [-0.2, -0.15) is 38.0 Å². The molecule has 12 aromatic rings. The molecule has 8 aromatic heterocycles. The highest BCUT2D eigenvalue weighted by molar-refractivity contribution is 7.93. The maximum Gasteiger partial charge on any atom is 0.293 e. The Kier molecular flexibility index (Phi) is 20.2. The SMILES string of the molecule is O=C(Cn1nc(C(F)F)c2c1C(F)(F)[C@@H]1C[C@H]21)NC(Cc1cc(F)cc(F)c1)c1nc2ncccc2c(=O)n1-c1ccc(Cl)c2c(NS(=O)(=O)C3CC3)nn(CC(F)F)c12.O=C(Cn1nc(C(F)F)c2c1C(F)(F)[C@@H]1C[C@H]21)N[C@@H](Cc1cc(F)cc(F)c1)c1nc2ncccc2c(=O)n1-c1ccc(Cl)c2c(NS(=O)(=O)C3CC3)nn(CC(F)F)c12. The molecule has 4 aromatic carbocycles. The van der Waals surface area contributed by atoms with Crippen LogP contribution in [-0.2, 0) is 80.5 Å². The smallest absolute Gasteiger partial charge is 0.293 e. The summed E-state index contributed by atoms with van der Waals surface area (Å²) in [6.45, 7) is -4.37. The van der Waals surface area contributed by atoms with E-state index in [2.05, 4.69) is 60.4 Å². The largest absolute Gasteiger partial charge is 0.344 e. The zero-order valence-corrected chi connectivity index (χ0v) is 63.9. The Labute approximate surface area is 673 Å². The van der Waals surface area contributed by atoms with Gasteiger partial charge in [0.2, 0.25) is 31.9 Å². The second-order valence-electron chi connectivity index (χ2n) is 29.6. The number of alkyl halides is 12. The van der Waals surface area contributed by atoms with Crippen molar-refractivity contribution in [3.63, 3.8) is 0 Å². The molecule has 46 heteroatoms. The molecule has 6 atom stereocenters. The Bertz CT molecular complexity index is 6230. The first kappa shape index (κ1) is 81.1. The summed E-state index contributed by atoms with van der Waals surface area (Å²) in [6, 6.07) is 11.8. The molecule has 1 unspecified atom stereocenters. The lowest BCUT2D eigenvalue weighted by Gasteiger charge is -2.24. The summed E-state index contributed by atoms with van der Waals surface area (Å²) in [6.07, 6.45) is -9.95. The molecule has 0 bridgehead atoms. The monoisotopic (exact) mass is 1760 g/mol. The average Bonchev–Trinajstić information content (AvgIpc) is 1.52. The van der Waals surface area contributed by atoms with Gasteiger partial charge in [-0.25, -0.2) is 89.5 Å². The first-order valence-electron chi connectivity index (χ1n) is 36.6. The van der Waals surface area contributed by atoms with E-state index in [0.29, 0.717) is 47.2 Å². The van der Waals surface area contributed by atoms with Crippen molar-refractivity contribution in [3.05, 3.63) is 208 Å². The van der Waals surface area contributed by atoms with Crippen LogP contribution in [0.2, 0.25) is 10.0 Å². The number of fused-ring (bicyclic) bond motifs is 10. The van der Waals surface area contributed by atoms with Crippen molar-refractivity contribution < 1.29 is 96.7 Å². The number of benzene rings is 4. The normalized spacial score (nSPS) is 18.6. The molecule has 26 nitrogen and oxygen atoms in total. The molecule has 6 aliphatic carbocycles. The second kappa shape index (κ2) is 29.9. The van der Waals surface area contributed by atoms with Crippen LogP contribution in [-0.4, -0.2) is 120 Å². The molecule has 4 N–H and O–H groups in total. The summed E-state index contributed by atoms with van der Waals surface area (Å²) >= 11 is 13.2. The van der Waals surface area contributed by atoms with E-state index >= 15 is 17.6 Å². The van der Waals surface area contributed by atoms with Gasteiger partial charge in [0, 0.05) is 60.3 Å². The van der Waals surface area contributed by atoms with Crippen molar-refractivity contribution in [1.82, 2.24) is 78.8 Å². The zero-order valence-electron chi connectivity index (χ0n) is 60.8. The number of hydrogen-bond donors (Lipinski definition) is 4. The lowest BCUT2D eigenvalue weighted by atomic mass is 10.0. The molecule has 4 saturated carbocycles. The average molecular weight is 1760 g/mol. The minimum absolute atomic E-state index is 0.0366. The summed E-state index contributed by atoms with van der Waals surface area (Å²) < 4.78 is 294. The van der Waals surface area contributed by atoms with E-state index in [0.717, 1.165) is 42.8 Å². The van der Waals surface area contributed by atoms with Crippen LogP contribution in [0, 0.1) is 35.1 Å². The fraction of sp³-hybridized carbons (Fsp3) is 0.351. The molecule has 4 fully saturated rings. The number of anilines is 2. The Morgan fingerprint density at radius 1 is 0.508 bits per heavy atom. The number of hydrogen-bond acceptors (Lipinski definition) is 16. The zero-order chi connectivity index (χ0) is 85.2. The molecule has 6 aliphatic rings. The highest BCUT2D eigenvalue weighted by atomic mass is 35.5. The van der Waals surface area contributed by atoms with Gasteiger partial charge in [0.25, 0.3) is 48.7 Å². The number of aromatic nitrogens is 14. The molecule has 0 spiro atoms. The molecule has 18 rings (SSSR count). The van der Waals surface area contributed by atoms with E-state index in [1.165, 1.54) is 60.9 Å². The fourth-order valence-electron chi connectivity index (χ4n) is 16.0. The first-order chi connectivity index (χ1) is 56.8. The molecule has 0 radical (unpaired) electrons. The Balaban J connectivity index is 0.000000171. The second-order valence-corrected chi connectivity index (χ2v) is 34.4. The van der Waals surface area contributed by atoms with E-state index in [1.54, 1.807) is 0 Å². The van der Waals surface area contributed by atoms with Crippen LogP contribution in [0.5, 0.6) is 0 Å². The van der Waals surface area contributed by atoms with E-state index in [4.69, 9.17) is 23.2 Å². The number of carbonyl (C=O) groups is 2. The van der Waals surface area contributed by atoms with Gasteiger partial charge in [0.1, 0.15) is 83.9 Å². The Morgan fingerprint density at radius 2 is 0.875 bits per heavy atom. The summed E-state index contributed by atoms with van der Waals surface area (Å²) in [5.41, 5.74) is -7.77. The summed E-state index contributed by atoms with van der Waals surface area (Å²) in [7, 11) is -8.12. The number of rotatable bonds is 26. The van der Waals surface area contributed by atoms with Crippen LogP contribution in [0.3, 0.4) is 0 Å². The van der Waals surface area contributed by atoms with Crippen molar-refractivity contribution in [2.75, 3.05) is 9.44 Å². The van der Waals surface area contributed by atoms with E-state index in [9.17, 15) is 88.7 Å². The Morgan fingerprint density at radius 3 is 1.22 bits per heavy atom. The third-order valence-corrected chi connectivity index (χ3v) is 25.7. The van der Waals surface area contributed by atoms with Crippen molar-refractivity contribution in [3.8, 4) is 11.4 Å². The molecular weight excluding hydrogens is 1710 g/mol. The predicted octanol–water partition coefficient (Wildman–Crippen LogP) is 13.3. The lowest BCUT2D eigenvalue weighted by molar-refractivity contribution is -0.123. The predicted molar refractivity (Wildman–Crippen MR) is 396 cm³/mol. The highest BCUT2D eigenvalue weighted by Gasteiger charge is 2.68. The lowest BCUT2D eigenvalue weighted by Crippen LogP contribution is -2.38. The van der Waals surface area contributed by atoms with Gasteiger partial charge in [-0.15, -0.1) is 0 Å². The van der Waals surface area contributed by atoms with Gasteiger partial charge in [0.05, 0.1) is 76.6 Å². The maximum atomic E-state index is 15.4. The summed E-state index contributed by atoms with van der Waals surface area (Å²) in [4.78, 5) is 74.6. The van der Waals surface area contributed by atoms with Gasteiger partial charge < -0.3 is 10.6 Å². The van der Waals surface area contributed by atoms with Crippen molar-refractivity contribution in [2.45, 2.75) is 150 Å². The minimum Gasteiger partial charge on any atom is -0.344 e. The number of nitrogens with one attached hydrogen (secondary N) is 4. The van der Waals surface area contributed by atoms with E-state index in [-0.39, 0.29) is 100 Å². The van der Waals surface area contributed by atoms with E-state index < -0.39 is 235 Å². The third-order valence-electron chi connectivity index (χ3n) is 21.4. The molecule has 2 amide bonds. The van der Waals surface area contributed by atoms with Gasteiger partial charge in [-0.1, -0.05) is 23.2 Å². The van der Waals surface area contributed by atoms with Gasteiger partial charge >= 0.3 is 0 Å². The standard InChI is InChI=1S/2C37H28ClF8N9O4S/c2*38-22-5-6-24(30-28(22)34(51-53(30)13-25(41)42)52-60(58,59)18-3-4-18)55-35(49-33-19(36(55)57)2-1-7-47-33)23(10-15-8-16(39)11-17(40)9-15)48-26(56)14-54-31-27(29(50-54)32(43)44)20-12-21(20)37(31,45)46/h2*1-2,5-9,11,18,20-21,23,25,32H,3-4,10,12-14H2,(H,48,56)(H,51,52)/t20-,21+,23?;20-,21+,23-/m00/s1. The van der Waals surface area contributed by atoms with Crippen molar-refractivity contribution >= 4 is 111 Å². The molecule has 8 heterocycles. The molecule has 0 saturated heterocycles. The van der Waals surface area contributed by atoms with Gasteiger partial charge in [0.15, 0.2) is 22.9 Å². The van der Waals surface area contributed by atoms with Crippen LogP contribution in [0.25, 0.3) is 55.2 Å². The number of halogens is 18. The van der Waals surface area contributed by atoms with Crippen LogP contribution < -0.4 is 31.2 Å². The van der Waals surface area contributed by atoms with Crippen LogP contribution in [0.15, 0.2) is 107 Å². The topological polar surface area (TPSA) is 317 Å². The Hall–Kier alpha value is -11.3. The fourth-order valence-corrected chi connectivity index (χ4v) is 19.2. The number of carbonyl (C=O) groups excluding carboxylic acids is 2. The van der Waals surface area contributed by atoms with Gasteiger partial charge in [-0.3, -0.25) is 56.5 Å². The summed E-state index contributed by atoms with van der Waals surface area (Å²) in [5.74, 6) is -19.6. The maximum absolute atomic E-state index is 15.4. The van der Waals surface area contributed by atoms with Crippen LogP contribution in [0.1, 0.15) is 132 Å². The highest BCUT2D eigenvalue weighted by Crippen LogP contribution is 2.69. The third kappa shape index (κ3) is 14.7. The number of sulfonamides is 2. The van der Waals surface area contributed by atoms with E-state index in [1.807, 2.05) is 0 Å². The number of amides is 2. The number of pyridine rings is 2. The molecular formula is C74H56Cl2F16N18O8S2. The van der Waals surface area contributed by atoms with Crippen LogP contribution >= 0.6 is 23.2 Å². The number of nitrogens with zero attached hydrogens (tertiary/aromatic N) is 14. The van der Waals surface area contributed by atoms with Crippen molar-refractivity contribution in [2.24, 2.45) is 11.8 Å². The minimum atomic E-state index is -4.06. The van der Waals surface area contributed by atoms with Crippen molar-refractivity contribution in [1.29, 1.82) is 0 Å². The molecule has 120 heavy (non-hydrogen) atoms. The molecule has 0 aliphatic heterocycles.